The summed E-state index contributed by atoms with van der Waals surface area (Å²) >= 11 is 0. The molecule has 6 heteroatoms. The SMILES string of the molecule is CN1CCC(c2ccnc3c(C#N)c(-c4ccc5c(c4)N(C)C(c4ccccc4)CC5)nn23)CC1. The highest BCUT2D eigenvalue weighted by molar-refractivity contribution is 5.78. The van der Waals surface area contributed by atoms with Crippen molar-refractivity contribution < 1.29 is 0 Å². The lowest BCUT2D eigenvalue weighted by atomic mass is 9.90. The second-order valence-electron chi connectivity index (χ2n) is 9.94. The quantitative estimate of drug-likeness (QED) is 0.419. The van der Waals surface area contributed by atoms with Gasteiger partial charge in [-0.15, -0.1) is 0 Å². The number of aryl methyl sites for hydroxylation is 1. The Morgan fingerprint density at radius 1 is 0.971 bits per heavy atom. The third-order valence-corrected chi connectivity index (χ3v) is 7.87. The summed E-state index contributed by atoms with van der Waals surface area (Å²) in [6.07, 6.45) is 6.15. The van der Waals surface area contributed by atoms with Crippen LogP contribution in [0.1, 0.15) is 53.6 Å². The molecule has 2 aliphatic heterocycles. The number of piperidine rings is 1. The van der Waals surface area contributed by atoms with Gasteiger partial charge in [0.15, 0.2) is 5.65 Å². The van der Waals surface area contributed by atoms with Crippen LogP contribution in [0.15, 0.2) is 60.8 Å². The van der Waals surface area contributed by atoms with E-state index in [0.717, 1.165) is 55.7 Å². The molecular weight excluding hydrogens is 432 g/mol. The number of nitriles is 1. The second-order valence-corrected chi connectivity index (χ2v) is 9.94. The Morgan fingerprint density at radius 2 is 1.77 bits per heavy atom. The van der Waals surface area contributed by atoms with E-state index in [1.807, 2.05) is 10.7 Å². The van der Waals surface area contributed by atoms with Gasteiger partial charge in [-0.1, -0.05) is 42.5 Å². The van der Waals surface area contributed by atoms with E-state index in [2.05, 4.69) is 89.5 Å². The minimum Gasteiger partial charge on any atom is -0.367 e. The fourth-order valence-corrected chi connectivity index (χ4v) is 5.85. The van der Waals surface area contributed by atoms with Crippen molar-refractivity contribution in [3.8, 4) is 17.3 Å². The van der Waals surface area contributed by atoms with Crippen LogP contribution in [0, 0.1) is 11.3 Å². The largest absolute Gasteiger partial charge is 0.367 e. The maximum absolute atomic E-state index is 10.1. The number of likely N-dealkylation sites (tertiary alicyclic amines) is 1. The summed E-state index contributed by atoms with van der Waals surface area (Å²) in [6.45, 7) is 2.15. The minimum atomic E-state index is 0.341. The number of rotatable bonds is 3. The van der Waals surface area contributed by atoms with Gasteiger partial charge in [-0.25, -0.2) is 9.50 Å². The Kier molecular flexibility index (Phi) is 5.50. The zero-order valence-corrected chi connectivity index (χ0v) is 20.4. The van der Waals surface area contributed by atoms with Crippen LogP contribution < -0.4 is 4.90 Å². The van der Waals surface area contributed by atoms with E-state index in [-0.39, 0.29) is 0 Å². The summed E-state index contributed by atoms with van der Waals surface area (Å²) in [6, 6.07) is 22.1. The molecule has 1 atom stereocenters. The lowest BCUT2D eigenvalue weighted by molar-refractivity contribution is 0.252. The highest BCUT2D eigenvalue weighted by Crippen LogP contribution is 2.40. The van der Waals surface area contributed by atoms with Gasteiger partial charge in [0, 0.05) is 36.1 Å². The molecule has 0 bridgehead atoms. The van der Waals surface area contributed by atoms with E-state index in [0.29, 0.717) is 23.2 Å². The standard InChI is InChI=1S/C29H30N6/c1-33-16-13-22(14-17-33)26-12-15-31-29-24(19-30)28(32-35(26)29)23-9-8-21-10-11-25(34(2)27(21)18-23)20-6-4-3-5-7-20/h3-9,12,15,18,22,25H,10-11,13-14,16-17H2,1-2H3. The van der Waals surface area contributed by atoms with E-state index < -0.39 is 0 Å². The lowest BCUT2D eigenvalue weighted by Crippen LogP contribution is -2.30. The smallest absolute Gasteiger partial charge is 0.173 e. The van der Waals surface area contributed by atoms with E-state index >= 15 is 0 Å². The predicted octanol–water partition coefficient (Wildman–Crippen LogP) is 5.20. The van der Waals surface area contributed by atoms with Crippen LogP contribution >= 0.6 is 0 Å². The molecule has 4 aromatic rings. The molecule has 1 unspecified atom stereocenters. The normalized spacial score (nSPS) is 19.0. The Hall–Kier alpha value is -3.69. The lowest BCUT2D eigenvalue weighted by Gasteiger charge is -2.36. The monoisotopic (exact) mass is 462 g/mol. The molecule has 0 spiro atoms. The number of anilines is 1. The third kappa shape index (κ3) is 3.77. The van der Waals surface area contributed by atoms with Crippen LogP contribution in [-0.2, 0) is 6.42 Å². The second kappa shape index (κ2) is 8.83. The maximum atomic E-state index is 10.1. The average Bonchev–Trinajstić information content (AvgIpc) is 3.29. The first-order valence-corrected chi connectivity index (χ1v) is 12.5. The Bertz CT molecular complexity index is 1410. The van der Waals surface area contributed by atoms with Crippen molar-refractivity contribution in [3.63, 3.8) is 0 Å². The van der Waals surface area contributed by atoms with Gasteiger partial charge in [0.05, 0.1) is 6.04 Å². The van der Waals surface area contributed by atoms with E-state index in [4.69, 9.17) is 5.10 Å². The van der Waals surface area contributed by atoms with Crippen LogP contribution in [0.5, 0.6) is 0 Å². The summed E-state index contributed by atoms with van der Waals surface area (Å²) < 4.78 is 1.93. The molecule has 1 saturated heterocycles. The molecule has 0 radical (unpaired) electrons. The molecule has 0 aliphatic carbocycles. The van der Waals surface area contributed by atoms with Crippen LogP contribution in [0.4, 0.5) is 5.69 Å². The van der Waals surface area contributed by atoms with Crippen molar-refractivity contribution in [1.82, 2.24) is 19.5 Å². The summed E-state index contributed by atoms with van der Waals surface area (Å²) in [4.78, 5) is 9.33. The Balaban J connectivity index is 1.42. The van der Waals surface area contributed by atoms with Crippen molar-refractivity contribution >= 4 is 11.3 Å². The molecule has 0 N–H and O–H groups in total. The Labute approximate surface area is 206 Å². The first-order chi connectivity index (χ1) is 17.1. The van der Waals surface area contributed by atoms with E-state index in [9.17, 15) is 5.26 Å². The van der Waals surface area contributed by atoms with Gasteiger partial charge >= 0.3 is 0 Å². The zero-order valence-electron chi connectivity index (χ0n) is 20.4. The number of hydrogen-bond donors (Lipinski definition) is 0. The van der Waals surface area contributed by atoms with Crippen LogP contribution in [-0.4, -0.2) is 46.7 Å². The number of aromatic nitrogens is 3. The first-order valence-electron chi connectivity index (χ1n) is 12.5. The average molecular weight is 463 g/mol. The molecule has 6 rings (SSSR count). The van der Waals surface area contributed by atoms with Crippen molar-refractivity contribution in [3.05, 3.63) is 83.2 Å². The van der Waals surface area contributed by atoms with Gasteiger partial charge in [0.25, 0.3) is 0 Å². The van der Waals surface area contributed by atoms with Crippen LogP contribution in [0.3, 0.4) is 0 Å². The van der Waals surface area contributed by atoms with Crippen molar-refractivity contribution in [2.45, 2.75) is 37.6 Å². The number of fused-ring (bicyclic) bond motifs is 2. The van der Waals surface area contributed by atoms with Gasteiger partial charge in [0.2, 0.25) is 0 Å². The molecule has 0 amide bonds. The van der Waals surface area contributed by atoms with Gasteiger partial charge in [-0.05, 0) is 69.1 Å². The van der Waals surface area contributed by atoms with Gasteiger partial charge < -0.3 is 9.80 Å². The van der Waals surface area contributed by atoms with Crippen LogP contribution in [0.2, 0.25) is 0 Å². The summed E-state index contributed by atoms with van der Waals surface area (Å²) in [5, 5.41) is 15.1. The molecule has 4 heterocycles. The molecular formula is C29H30N6. The Morgan fingerprint density at radius 3 is 2.54 bits per heavy atom. The highest BCUT2D eigenvalue weighted by atomic mass is 15.3. The molecule has 176 valence electrons. The summed E-state index contributed by atoms with van der Waals surface area (Å²) in [5.74, 6) is 0.428. The molecule has 0 saturated carbocycles. The summed E-state index contributed by atoms with van der Waals surface area (Å²) in [5.41, 5.74) is 7.96. The molecule has 2 aromatic carbocycles. The highest BCUT2D eigenvalue weighted by Gasteiger charge is 2.27. The minimum absolute atomic E-state index is 0.341. The molecule has 1 fully saturated rings. The molecule has 2 aliphatic rings. The zero-order chi connectivity index (χ0) is 23.9. The summed E-state index contributed by atoms with van der Waals surface area (Å²) in [7, 11) is 4.35. The van der Waals surface area contributed by atoms with Crippen LogP contribution in [0.25, 0.3) is 16.9 Å². The number of hydrogen-bond acceptors (Lipinski definition) is 5. The number of benzene rings is 2. The van der Waals surface area contributed by atoms with E-state index in [1.54, 1.807) is 0 Å². The predicted molar refractivity (Wildman–Crippen MR) is 139 cm³/mol. The topological polar surface area (TPSA) is 60.5 Å². The van der Waals surface area contributed by atoms with E-state index in [1.165, 1.54) is 16.8 Å². The molecule has 2 aromatic heterocycles. The van der Waals surface area contributed by atoms with Crippen molar-refractivity contribution in [1.29, 1.82) is 5.26 Å². The number of nitrogens with zero attached hydrogens (tertiary/aromatic N) is 6. The first kappa shape index (κ1) is 21.8. The van der Waals surface area contributed by atoms with Crippen molar-refractivity contribution in [2.75, 3.05) is 32.1 Å². The third-order valence-electron chi connectivity index (χ3n) is 7.87. The van der Waals surface area contributed by atoms with Gasteiger partial charge in [-0.2, -0.15) is 10.4 Å². The fraction of sp³-hybridized carbons (Fsp3) is 0.345. The fourth-order valence-electron chi connectivity index (χ4n) is 5.85. The maximum Gasteiger partial charge on any atom is 0.173 e. The van der Waals surface area contributed by atoms with Gasteiger partial charge in [-0.3, -0.25) is 0 Å². The van der Waals surface area contributed by atoms with Crippen molar-refractivity contribution in [2.24, 2.45) is 0 Å². The molecule has 6 nitrogen and oxygen atoms in total. The van der Waals surface area contributed by atoms with Gasteiger partial charge in [0.1, 0.15) is 17.3 Å². The molecule has 35 heavy (non-hydrogen) atoms.